The van der Waals surface area contributed by atoms with Gasteiger partial charge in [-0.2, -0.15) is 0 Å². The number of rotatable bonds is 3. The quantitative estimate of drug-likeness (QED) is 0.907. The second kappa shape index (κ2) is 5.19. The molecule has 0 atom stereocenters. The van der Waals surface area contributed by atoms with Crippen LogP contribution in [0.15, 0.2) is 30.3 Å². The van der Waals surface area contributed by atoms with Gasteiger partial charge in [-0.25, -0.2) is 9.18 Å². The fourth-order valence-electron chi connectivity index (χ4n) is 1.49. The number of aromatic carboxylic acids is 1. The van der Waals surface area contributed by atoms with E-state index in [1.807, 2.05) is 6.92 Å². The van der Waals surface area contributed by atoms with Gasteiger partial charge in [-0.05, 0) is 37.3 Å². The maximum absolute atomic E-state index is 13.5. The smallest absolute Gasteiger partial charge is 0.335 e. The van der Waals surface area contributed by atoms with Crippen molar-refractivity contribution < 1.29 is 19.1 Å². The molecule has 98 valence electrons. The van der Waals surface area contributed by atoms with Gasteiger partial charge < -0.3 is 10.4 Å². The number of amides is 1. The van der Waals surface area contributed by atoms with Crippen LogP contribution in [0.3, 0.4) is 0 Å². The number of halogens is 1. The van der Waals surface area contributed by atoms with Crippen molar-refractivity contribution in [3.05, 3.63) is 51.5 Å². The van der Waals surface area contributed by atoms with Crippen LogP contribution < -0.4 is 5.32 Å². The number of hydrogen-bond acceptors (Lipinski definition) is 3. The van der Waals surface area contributed by atoms with Crippen molar-refractivity contribution in [1.29, 1.82) is 0 Å². The van der Waals surface area contributed by atoms with Gasteiger partial charge in [0.05, 0.1) is 16.1 Å². The summed E-state index contributed by atoms with van der Waals surface area (Å²) < 4.78 is 13.5. The lowest BCUT2D eigenvalue weighted by Crippen LogP contribution is -2.12. The van der Waals surface area contributed by atoms with Crippen LogP contribution in [-0.4, -0.2) is 17.0 Å². The van der Waals surface area contributed by atoms with Crippen LogP contribution in [0.1, 0.15) is 24.9 Å². The highest BCUT2D eigenvalue weighted by atomic mass is 32.1. The van der Waals surface area contributed by atoms with Gasteiger partial charge in [0.25, 0.3) is 5.91 Å². The number of aryl methyl sites for hydroxylation is 1. The lowest BCUT2D eigenvalue weighted by molar-refractivity contribution is 0.0696. The Morgan fingerprint density at radius 1 is 1.26 bits per heavy atom. The van der Waals surface area contributed by atoms with Gasteiger partial charge in [0.1, 0.15) is 5.82 Å². The van der Waals surface area contributed by atoms with Crippen molar-refractivity contribution in [2.45, 2.75) is 6.92 Å². The zero-order valence-electron chi connectivity index (χ0n) is 9.94. The SMILES string of the molecule is Cc1ccc(C(=O)Nc2cc(C(=O)O)ccc2F)s1. The van der Waals surface area contributed by atoms with Crippen LogP contribution in [0.2, 0.25) is 0 Å². The summed E-state index contributed by atoms with van der Waals surface area (Å²) in [6.07, 6.45) is 0. The predicted molar refractivity (Wildman–Crippen MR) is 70.4 cm³/mol. The summed E-state index contributed by atoms with van der Waals surface area (Å²) in [5, 5.41) is 11.2. The van der Waals surface area contributed by atoms with Crippen LogP contribution in [0.5, 0.6) is 0 Å². The van der Waals surface area contributed by atoms with E-state index in [0.29, 0.717) is 4.88 Å². The standard InChI is InChI=1S/C13H10FNO3S/c1-7-2-5-11(19-7)12(16)15-10-6-8(13(17)18)3-4-9(10)14/h2-6H,1H3,(H,15,16)(H,17,18). The molecule has 0 saturated carbocycles. The van der Waals surface area contributed by atoms with Crippen molar-refractivity contribution >= 4 is 28.9 Å². The first-order valence-electron chi connectivity index (χ1n) is 5.38. The number of thiophene rings is 1. The normalized spacial score (nSPS) is 10.2. The summed E-state index contributed by atoms with van der Waals surface area (Å²) in [5.41, 5.74) is -0.227. The molecule has 0 spiro atoms. The molecule has 4 nitrogen and oxygen atoms in total. The van der Waals surface area contributed by atoms with Gasteiger partial charge in [0.15, 0.2) is 0 Å². The zero-order chi connectivity index (χ0) is 14.0. The Hall–Kier alpha value is -2.21. The van der Waals surface area contributed by atoms with E-state index in [1.54, 1.807) is 12.1 Å². The summed E-state index contributed by atoms with van der Waals surface area (Å²) in [5.74, 6) is -2.31. The Bertz CT molecular complexity index is 651. The van der Waals surface area contributed by atoms with E-state index in [2.05, 4.69) is 5.32 Å². The Morgan fingerprint density at radius 2 is 2.00 bits per heavy atom. The molecule has 6 heteroatoms. The monoisotopic (exact) mass is 279 g/mol. The lowest BCUT2D eigenvalue weighted by Gasteiger charge is -2.06. The third kappa shape index (κ3) is 2.97. The largest absolute Gasteiger partial charge is 0.478 e. The number of anilines is 1. The van der Waals surface area contributed by atoms with Crippen molar-refractivity contribution in [2.24, 2.45) is 0 Å². The van der Waals surface area contributed by atoms with Crippen LogP contribution in [0.4, 0.5) is 10.1 Å². The molecule has 0 radical (unpaired) electrons. The number of carboxylic acid groups (broad SMARTS) is 1. The maximum Gasteiger partial charge on any atom is 0.335 e. The first-order valence-corrected chi connectivity index (χ1v) is 6.19. The molecule has 1 amide bonds. The zero-order valence-corrected chi connectivity index (χ0v) is 10.8. The average Bonchev–Trinajstić information content (AvgIpc) is 2.78. The second-order valence-corrected chi connectivity index (χ2v) is 5.15. The highest BCUT2D eigenvalue weighted by Crippen LogP contribution is 2.20. The van der Waals surface area contributed by atoms with Gasteiger partial charge in [-0.3, -0.25) is 4.79 Å². The molecule has 19 heavy (non-hydrogen) atoms. The number of carbonyl (C=O) groups excluding carboxylic acids is 1. The minimum absolute atomic E-state index is 0.0842. The topological polar surface area (TPSA) is 66.4 Å². The van der Waals surface area contributed by atoms with E-state index in [4.69, 9.17) is 5.11 Å². The Kier molecular flexibility index (Phi) is 3.62. The highest BCUT2D eigenvalue weighted by molar-refractivity contribution is 7.14. The fourth-order valence-corrected chi connectivity index (χ4v) is 2.26. The molecule has 1 aromatic heterocycles. The van der Waals surface area contributed by atoms with Crippen LogP contribution >= 0.6 is 11.3 Å². The van der Waals surface area contributed by atoms with Crippen LogP contribution in [0.25, 0.3) is 0 Å². The van der Waals surface area contributed by atoms with E-state index in [9.17, 15) is 14.0 Å². The van der Waals surface area contributed by atoms with E-state index in [-0.39, 0.29) is 11.3 Å². The molecule has 0 bridgehead atoms. The molecule has 0 unspecified atom stereocenters. The van der Waals surface area contributed by atoms with Crippen molar-refractivity contribution in [2.75, 3.05) is 5.32 Å². The number of carbonyl (C=O) groups is 2. The molecule has 2 rings (SSSR count). The predicted octanol–water partition coefficient (Wildman–Crippen LogP) is 3.15. The number of hydrogen-bond donors (Lipinski definition) is 2. The highest BCUT2D eigenvalue weighted by Gasteiger charge is 2.13. The summed E-state index contributed by atoms with van der Waals surface area (Å²) in [4.78, 5) is 24.0. The lowest BCUT2D eigenvalue weighted by atomic mass is 10.2. The first-order chi connectivity index (χ1) is 8.97. The Labute approximate surface area is 112 Å². The van der Waals surface area contributed by atoms with Gasteiger partial charge >= 0.3 is 5.97 Å². The van der Waals surface area contributed by atoms with E-state index < -0.39 is 17.7 Å². The minimum atomic E-state index is -1.18. The molecule has 0 saturated heterocycles. The van der Waals surface area contributed by atoms with Crippen LogP contribution in [0, 0.1) is 12.7 Å². The first kappa shape index (κ1) is 13.2. The average molecular weight is 279 g/mol. The third-order valence-electron chi connectivity index (χ3n) is 2.43. The minimum Gasteiger partial charge on any atom is -0.478 e. The molecule has 2 aromatic rings. The molecule has 0 fully saturated rings. The molecule has 1 heterocycles. The number of benzene rings is 1. The van der Waals surface area contributed by atoms with Crippen molar-refractivity contribution in [3.63, 3.8) is 0 Å². The van der Waals surface area contributed by atoms with E-state index in [0.717, 1.165) is 23.1 Å². The summed E-state index contributed by atoms with van der Waals surface area (Å²) in [6.45, 7) is 1.85. The molecular weight excluding hydrogens is 269 g/mol. The van der Waals surface area contributed by atoms with Gasteiger partial charge in [0, 0.05) is 4.88 Å². The van der Waals surface area contributed by atoms with Crippen LogP contribution in [-0.2, 0) is 0 Å². The maximum atomic E-state index is 13.5. The molecule has 0 aliphatic carbocycles. The van der Waals surface area contributed by atoms with Gasteiger partial charge in [0.2, 0.25) is 0 Å². The Morgan fingerprint density at radius 3 is 2.58 bits per heavy atom. The molecule has 0 aliphatic heterocycles. The summed E-state index contributed by atoms with van der Waals surface area (Å²) in [6, 6.07) is 6.66. The summed E-state index contributed by atoms with van der Waals surface area (Å²) >= 11 is 1.28. The number of nitrogens with one attached hydrogen (secondary N) is 1. The number of carboxylic acids is 1. The van der Waals surface area contributed by atoms with Gasteiger partial charge in [-0.1, -0.05) is 0 Å². The third-order valence-corrected chi connectivity index (χ3v) is 3.43. The fraction of sp³-hybridized carbons (Fsp3) is 0.0769. The molecule has 0 aliphatic rings. The Balaban J connectivity index is 2.25. The van der Waals surface area contributed by atoms with Crippen molar-refractivity contribution in [1.82, 2.24) is 0 Å². The van der Waals surface area contributed by atoms with E-state index in [1.165, 1.54) is 11.3 Å². The summed E-state index contributed by atoms with van der Waals surface area (Å²) in [7, 11) is 0. The van der Waals surface area contributed by atoms with Crippen molar-refractivity contribution in [3.8, 4) is 0 Å². The van der Waals surface area contributed by atoms with Gasteiger partial charge in [-0.15, -0.1) is 11.3 Å². The molecule has 2 N–H and O–H groups in total. The van der Waals surface area contributed by atoms with E-state index >= 15 is 0 Å². The molecule has 1 aromatic carbocycles. The second-order valence-electron chi connectivity index (χ2n) is 3.86. The molecular formula is C13H10FNO3S.